The van der Waals surface area contributed by atoms with Gasteiger partial charge in [0.1, 0.15) is 0 Å². The average molecular weight is 455 g/mol. The van der Waals surface area contributed by atoms with Crippen molar-refractivity contribution in [2.24, 2.45) is 0 Å². The van der Waals surface area contributed by atoms with E-state index in [9.17, 15) is 13.2 Å². The van der Waals surface area contributed by atoms with Crippen LogP contribution >= 0.6 is 27.3 Å². The lowest BCUT2D eigenvalue weighted by Crippen LogP contribution is -2.50. The Balaban J connectivity index is 1.60. The lowest BCUT2D eigenvalue weighted by Gasteiger charge is -2.33. The van der Waals surface area contributed by atoms with Crippen molar-refractivity contribution in [1.82, 2.24) is 9.21 Å². The van der Waals surface area contributed by atoms with Gasteiger partial charge < -0.3 is 4.90 Å². The van der Waals surface area contributed by atoms with Gasteiger partial charge in [-0.1, -0.05) is 17.7 Å². The number of piperazine rings is 1. The second-order valence-corrected chi connectivity index (χ2v) is 10.5. The van der Waals surface area contributed by atoms with Crippen molar-refractivity contribution in [1.29, 1.82) is 0 Å². The molecule has 3 rings (SSSR count). The van der Waals surface area contributed by atoms with Crippen molar-refractivity contribution >= 4 is 49.3 Å². The van der Waals surface area contributed by atoms with Gasteiger partial charge in [0, 0.05) is 37.1 Å². The first-order chi connectivity index (χ1) is 12.4. The van der Waals surface area contributed by atoms with Gasteiger partial charge >= 0.3 is 0 Å². The van der Waals surface area contributed by atoms with Gasteiger partial charge in [-0.25, -0.2) is 8.42 Å². The van der Waals surface area contributed by atoms with Crippen LogP contribution in [0.5, 0.6) is 0 Å². The third-order valence-electron chi connectivity index (χ3n) is 4.19. The zero-order valence-corrected chi connectivity index (χ0v) is 17.5. The molecule has 1 aromatic heterocycles. The van der Waals surface area contributed by atoms with Gasteiger partial charge in [-0.15, -0.1) is 11.3 Å². The minimum Gasteiger partial charge on any atom is -0.337 e. The van der Waals surface area contributed by atoms with Crippen molar-refractivity contribution < 1.29 is 13.2 Å². The molecule has 26 heavy (non-hydrogen) atoms. The maximum atomic E-state index is 12.7. The summed E-state index contributed by atoms with van der Waals surface area (Å²) in [7, 11) is -3.51. The molecule has 0 N–H and O–H groups in total. The topological polar surface area (TPSA) is 57.7 Å². The van der Waals surface area contributed by atoms with E-state index in [0.29, 0.717) is 31.1 Å². The lowest BCUT2D eigenvalue weighted by molar-refractivity contribution is -0.127. The lowest BCUT2D eigenvalue weighted by atomic mass is 10.2. The van der Waals surface area contributed by atoms with Crippen LogP contribution in [-0.2, 0) is 14.8 Å². The van der Waals surface area contributed by atoms with Crippen LogP contribution in [0.2, 0.25) is 0 Å². The van der Waals surface area contributed by atoms with Gasteiger partial charge in [0.2, 0.25) is 15.9 Å². The molecule has 0 saturated carbocycles. The molecule has 2 heterocycles. The third kappa shape index (κ3) is 4.43. The predicted molar refractivity (Wildman–Crippen MR) is 108 cm³/mol. The Morgan fingerprint density at radius 2 is 1.73 bits per heavy atom. The molecule has 0 atom stereocenters. The van der Waals surface area contributed by atoms with E-state index in [1.807, 2.05) is 19.1 Å². The number of carbonyl (C=O) groups excluding carboxylic acids is 1. The van der Waals surface area contributed by atoms with Crippen LogP contribution in [0.25, 0.3) is 6.08 Å². The zero-order chi connectivity index (χ0) is 18.7. The molecule has 1 amide bonds. The highest BCUT2D eigenvalue weighted by molar-refractivity contribution is 9.11. The van der Waals surface area contributed by atoms with Gasteiger partial charge in [-0.3, -0.25) is 4.79 Å². The summed E-state index contributed by atoms with van der Waals surface area (Å²) >= 11 is 4.94. The SMILES string of the molecule is Cc1ccc(S(=O)(=O)N2CCN(C(=O)/C=C/c3ccc(Br)s3)CC2)cc1. The van der Waals surface area contributed by atoms with Gasteiger partial charge in [-0.2, -0.15) is 4.31 Å². The highest BCUT2D eigenvalue weighted by Gasteiger charge is 2.29. The van der Waals surface area contributed by atoms with Crippen molar-refractivity contribution in [2.45, 2.75) is 11.8 Å². The smallest absolute Gasteiger partial charge is 0.246 e. The van der Waals surface area contributed by atoms with Crippen molar-refractivity contribution in [3.8, 4) is 0 Å². The molecule has 8 heteroatoms. The number of benzene rings is 1. The molecular formula is C18H19BrN2O3S2. The fourth-order valence-corrected chi connectivity index (χ4v) is 5.43. The summed E-state index contributed by atoms with van der Waals surface area (Å²) in [6.07, 6.45) is 3.33. The molecule has 0 spiro atoms. The first-order valence-corrected chi connectivity index (χ1v) is 11.2. The van der Waals surface area contributed by atoms with E-state index in [1.165, 1.54) is 4.31 Å². The largest absolute Gasteiger partial charge is 0.337 e. The van der Waals surface area contributed by atoms with Crippen molar-refractivity contribution in [3.63, 3.8) is 0 Å². The highest BCUT2D eigenvalue weighted by atomic mass is 79.9. The highest BCUT2D eigenvalue weighted by Crippen LogP contribution is 2.23. The van der Waals surface area contributed by atoms with E-state index in [2.05, 4.69) is 15.9 Å². The number of sulfonamides is 1. The first kappa shape index (κ1) is 19.3. The summed E-state index contributed by atoms with van der Waals surface area (Å²) in [4.78, 5) is 15.3. The molecule has 2 aromatic rings. The maximum absolute atomic E-state index is 12.7. The Morgan fingerprint density at radius 3 is 2.31 bits per heavy atom. The van der Waals surface area contributed by atoms with Gasteiger partial charge in [0.05, 0.1) is 8.68 Å². The van der Waals surface area contributed by atoms with Crippen LogP contribution in [0.1, 0.15) is 10.4 Å². The minimum absolute atomic E-state index is 0.0955. The first-order valence-electron chi connectivity index (χ1n) is 8.15. The second-order valence-electron chi connectivity index (χ2n) is 6.02. The molecule has 1 aliphatic heterocycles. The van der Waals surface area contributed by atoms with Crippen molar-refractivity contribution in [3.05, 3.63) is 56.7 Å². The Hall–Kier alpha value is -1.48. The van der Waals surface area contributed by atoms with Gasteiger partial charge in [0.15, 0.2) is 0 Å². The number of aryl methyl sites for hydroxylation is 1. The summed E-state index contributed by atoms with van der Waals surface area (Å²) in [5.41, 5.74) is 1.02. The molecule has 0 bridgehead atoms. The van der Waals surface area contributed by atoms with E-state index in [0.717, 1.165) is 14.2 Å². The molecule has 0 aliphatic carbocycles. The number of hydrogen-bond donors (Lipinski definition) is 0. The summed E-state index contributed by atoms with van der Waals surface area (Å²) < 4.78 is 27.8. The molecular weight excluding hydrogens is 436 g/mol. The number of amides is 1. The Bertz CT molecular complexity index is 912. The molecule has 0 radical (unpaired) electrons. The number of rotatable bonds is 4. The number of thiophene rings is 1. The minimum atomic E-state index is -3.51. The average Bonchev–Trinajstić information content (AvgIpc) is 3.05. The fourth-order valence-electron chi connectivity index (χ4n) is 2.68. The monoisotopic (exact) mass is 454 g/mol. The van der Waals surface area contributed by atoms with E-state index >= 15 is 0 Å². The second kappa shape index (κ2) is 8.04. The summed E-state index contributed by atoms with van der Waals surface area (Å²) in [6.45, 7) is 3.31. The predicted octanol–water partition coefficient (Wildman–Crippen LogP) is 3.37. The quantitative estimate of drug-likeness (QED) is 0.665. The molecule has 1 aromatic carbocycles. The summed E-state index contributed by atoms with van der Waals surface area (Å²) in [5.74, 6) is -0.0955. The fraction of sp³-hybridized carbons (Fsp3) is 0.278. The number of halogens is 1. The number of nitrogens with zero attached hydrogens (tertiary/aromatic N) is 2. The Kier molecular flexibility index (Phi) is 5.96. The van der Waals surface area contributed by atoms with Crippen LogP contribution in [0.15, 0.2) is 51.2 Å². The summed E-state index contributed by atoms with van der Waals surface area (Å²) in [6, 6.07) is 10.7. The molecule has 0 unspecified atom stereocenters. The Labute approximate surface area is 166 Å². The molecule has 1 saturated heterocycles. The summed E-state index contributed by atoms with van der Waals surface area (Å²) in [5, 5.41) is 0. The van der Waals surface area contributed by atoms with Crippen LogP contribution < -0.4 is 0 Å². The van der Waals surface area contributed by atoms with Crippen LogP contribution in [0, 0.1) is 6.92 Å². The van der Waals surface area contributed by atoms with Crippen LogP contribution in [-0.4, -0.2) is 49.7 Å². The van der Waals surface area contributed by atoms with E-state index in [-0.39, 0.29) is 5.91 Å². The van der Waals surface area contributed by atoms with Crippen LogP contribution in [0.4, 0.5) is 0 Å². The zero-order valence-electron chi connectivity index (χ0n) is 14.3. The molecule has 5 nitrogen and oxygen atoms in total. The number of hydrogen-bond acceptors (Lipinski definition) is 4. The molecule has 138 valence electrons. The van der Waals surface area contributed by atoms with Crippen molar-refractivity contribution in [2.75, 3.05) is 26.2 Å². The van der Waals surface area contributed by atoms with Gasteiger partial charge in [0.25, 0.3) is 0 Å². The molecule has 1 fully saturated rings. The van der Waals surface area contributed by atoms with E-state index < -0.39 is 10.0 Å². The van der Waals surface area contributed by atoms with Gasteiger partial charge in [-0.05, 0) is 53.2 Å². The standard InChI is InChI=1S/C18H19BrN2O3S2/c1-14-2-6-16(7-3-14)26(23,24)21-12-10-20(11-13-21)18(22)9-5-15-4-8-17(19)25-15/h2-9H,10-13H2,1H3/b9-5+. The number of carbonyl (C=O) groups is 1. The maximum Gasteiger partial charge on any atom is 0.246 e. The third-order valence-corrected chi connectivity index (χ3v) is 7.69. The van der Waals surface area contributed by atoms with E-state index in [4.69, 9.17) is 0 Å². The Morgan fingerprint density at radius 1 is 1.08 bits per heavy atom. The van der Waals surface area contributed by atoms with Crippen LogP contribution in [0.3, 0.4) is 0 Å². The molecule has 1 aliphatic rings. The van der Waals surface area contributed by atoms with E-state index in [1.54, 1.807) is 52.7 Å². The normalized spacial score (nSPS) is 16.3.